The van der Waals surface area contributed by atoms with Crippen molar-refractivity contribution < 1.29 is 9.47 Å². The maximum atomic E-state index is 5.84. The second-order valence-corrected chi connectivity index (χ2v) is 5.22. The van der Waals surface area contributed by atoms with Crippen molar-refractivity contribution in [3.8, 4) is 11.5 Å². The molecule has 0 aliphatic heterocycles. The van der Waals surface area contributed by atoms with Gasteiger partial charge in [0.05, 0.1) is 6.61 Å². The van der Waals surface area contributed by atoms with Gasteiger partial charge in [-0.25, -0.2) is 0 Å². The zero-order valence-corrected chi connectivity index (χ0v) is 12.6. The molecule has 0 saturated carbocycles. The highest BCUT2D eigenvalue weighted by molar-refractivity contribution is 5.31. The molecule has 1 atom stereocenters. The molecule has 3 heteroatoms. The number of ether oxygens (including phenoxy) is 2. The summed E-state index contributed by atoms with van der Waals surface area (Å²) in [6, 6.07) is 7.79. The van der Waals surface area contributed by atoms with E-state index in [2.05, 4.69) is 26.1 Å². The summed E-state index contributed by atoms with van der Waals surface area (Å²) in [6.07, 6.45) is 1.38. The molecule has 108 valence electrons. The predicted octanol–water partition coefficient (Wildman–Crippen LogP) is 3.49. The summed E-state index contributed by atoms with van der Waals surface area (Å²) in [5, 5.41) is 3.42. The molecule has 19 heavy (non-hydrogen) atoms. The molecule has 0 amide bonds. The molecule has 3 nitrogen and oxygen atoms in total. The van der Waals surface area contributed by atoms with E-state index >= 15 is 0 Å². The molecule has 1 aromatic carbocycles. The van der Waals surface area contributed by atoms with Crippen LogP contribution < -0.4 is 14.8 Å². The van der Waals surface area contributed by atoms with E-state index in [0.29, 0.717) is 6.61 Å². The number of hydrogen-bond acceptors (Lipinski definition) is 3. The first kappa shape index (κ1) is 15.8. The Kier molecular flexibility index (Phi) is 7.34. The zero-order valence-electron chi connectivity index (χ0n) is 12.6. The Morgan fingerprint density at radius 2 is 1.68 bits per heavy atom. The maximum Gasteiger partial charge on any atom is 0.120 e. The molecular weight excluding hydrogens is 238 g/mol. The topological polar surface area (TPSA) is 30.5 Å². The summed E-state index contributed by atoms with van der Waals surface area (Å²) in [5.74, 6) is 2.52. The van der Waals surface area contributed by atoms with Crippen LogP contribution in [-0.4, -0.2) is 25.8 Å². The SMILES string of the molecule is CCOc1ccc(OC(C)CNCCC(C)C)cc1. The van der Waals surface area contributed by atoms with E-state index in [-0.39, 0.29) is 6.10 Å². The first-order chi connectivity index (χ1) is 9.11. The Labute approximate surface area is 117 Å². The monoisotopic (exact) mass is 265 g/mol. The van der Waals surface area contributed by atoms with Gasteiger partial charge in [-0.2, -0.15) is 0 Å². The van der Waals surface area contributed by atoms with E-state index in [1.807, 2.05) is 31.2 Å². The highest BCUT2D eigenvalue weighted by Gasteiger charge is 2.04. The molecule has 0 saturated heterocycles. The number of rotatable bonds is 9. The molecular formula is C16H27NO2. The van der Waals surface area contributed by atoms with Crippen molar-refractivity contribution in [3.63, 3.8) is 0 Å². The van der Waals surface area contributed by atoms with Crippen molar-refractivity contribution in [2.75, 3.05) is 19.7 Å². The van der Waals surface area contributed by atoms with Crippen LogP contribution in [-0.2, 0) is 0 Å². The van der Waals surface area contributed by atoms with Gasteiger partial charge in [0.2, 0.25) is 0 Å². The molecule has 1 rings (SSSR count). The Morgan fingerprint density at radius 1 is 1.05 bits per heavy atom. The smallest absolute Gasteiger partial charge is 0.120 e. The van der Waals surface area contributed by atoms with Crippen LogP contribution in [0.2, 0.25) is 0 Å². The maximum absolute atomic E-state index is 5.84. The summed E-state index contributed by atoms with van der Waals surface area (Å²) in [5.41, 5.74) is 0. The molecule has 0 radical (unpaired) electrons. The molecule has 0 aliphatic rings. The van der Waals surface area contributed by atoms with Gasteiger partial charge in [0.1, 0.15) is 17.6 Å². The van der Waals surface area contributed by atoms with E-state index in [4.69, 9.17) is 9.47 Å². The van der Waals surface area contributed by atoms with Gasteiger partial charge in [0.15, 0.2) is 0 Å². The van der Waals surface area contributed by atoms with Gasteiger partial charge >= 0.3 is 0 Å². The summed E-state index contributed by atoms with van der Waals surface area (Å²) in [6.45, 7) is 11.2. The minimum absolute atomic E-state index is 0.171. The fourth-order valence-electron chi connectivity index (χ4n) is 1.75. The Balaban J connectivity index is 2.25. The number of benzene rings is 1. The molecule has 0 spiro atoms. The third-order valence-electron chi connectivity index (χ3n) is 2.80. The van der Waals surface area contributed by atoms with Gasteiger partial charge < -0.3 is 14.8 Å². The molecule has 0 fully saturated rings. The third-order valence-corrected chi connectivity index (χ3v) is 2.80. The van der Waals surface area contributed by atoms with Crippen molar-refractivity contribution >= 4 is 0 Å². The van der Waals surface area contributed by atoms with E-state index in [1.165, 1.54) is 6.42 Å². The van der Waals surface area contributed by atoms with Crippen LogP contribution in [0.15, 0.2) is 24.3 Å². The van der Waals surface area contributed by atoms with Crippen molar-refractivity contribution in [2.24, 2.45) is 5.92 Å². The van der Waals surface area contributed by atoms with Gasteiger partial charge in [0, 0.05) is 6.54 Å². The highest BCUT2D eigenvalue weighted by Crippen LogP contribution is 2.18. The fourth-order valence-corrected chi connectivity index (χ4v) is 1.75. The van der Waals surface area contributed by atoms with Gasteiger partial charge in [0.25, 0.3) is 0 Å². The van der Waals surface area contributed by atoms with Crippen LogP contribution in [0, 0.1) is 5.92 Å². The van der Waals surface area contributed by atoms with Crippen LogP contribution in [0.25, 0.3) is 0 Å². The molecule has 1 N–H and O–H groups in total. The Hall–Kier alpha value is -1.22. The second kappa shape index (κ2) is 8.81. The molecule has 0 bridgehead atoms. The minimum Gasteiger partial charge on any atom is -0.494 e. The lowest BCUT2D eigenvalue weighted by Gasteiger charge is -2.16. The molecule has 0 aliphatic carbocycles. The molecule has 0 heterocycles. The van der Waals surface area contributed by atoms with E-state index in [9.17, 15) is 0 Å². The van der Waals surface area contributed by atoms with Crippen LogP contribution in [0.1, 0.15) is 34.1 Å². The van der Waals surface area contributed by atoms with E-state index in [1.54, 1.807) is 0 Å². The van der Waals surface area contributed by atoms with Crippen molar-refractivity contribution in [2.45, 2.75) is 40.2 Å². The standard InChI is InChI=1S/C16H27NO2/c1-5-18-15-6-8-16(9-7-15)19-14(4)12-17-11-10-13(2)3/h6-9,13-14,17H,5,10-12H2,1-4H3. The fraction of sp³-hybridized carbons (Fsp3) is 0.625. The van der Waals surface area contributed by atoms with Gasteiger partial charge in [-0.3, -0.25) is 0 Å². The first-order valence-electron chi connectivity index (χ1n) is 7.22. The van der Waals surface area contributed by atoms with Crippen LogP contribution in [0.4, 0.5) is 0 Å². The summed E-state index contributed by atoms with van der Waals surface area (Å²) < 4.78 is 11.2. The quantitative estimate of drug-likeness (QED) is 0.693. The normalized spacial score (nSPS) is 12.5. The summed E-state index contributed by atoms with van der Waals surface area (Å²) in [4.78, 5) is 0. The molecule has 0 aromatic heterocycles. The van der Waals surface area contributed by atoms with Crippen molar-refractivity contribution in [1.29, 1.82) is 0 Å². The Morgan fingerprint density at radius 3 is 2.26 bits per heavy atom. The number of hydrogen-bond donors (Lipinski definition) is 1. The van der Waals surface area contributed by atoms with Crippen molar-refractivity contribution in [3.05, 3.63) is 24.3 Å². The van der Waals surface area contributed by atoms with Gasteiger partial charge in [-0.05, 0) is 57.0 Å². The predicted molar refractivity (Wildman–Crippen MR) is 80.0 cm³/mol. The zero-order chi connectivity index (χ0) is 14.1. The third kappa shape index (κ3) is 7.06. The average molecular weight is 265 g/mol. The van der Waals surface area contributed by atoms with Gasteiger partial charge in [-0.1, -0.05) is 13.8 Å². The first-order valence-corrected chi connectivity index (χ1v) is 7.22. The van der Waals surface area contributed by atoms with Gasteiger partial charge in [-0.15, -0.1) is 0 Å². The van der Waals surface area contributed by atoms with Crippen LogP contribution in [0.5, 0.6) is 11.5 Å². The Bertz CT molecular complexity index is 335. The van der Waals surface area contributed by atoms with Crippen LogP contribution in [0.3, 0.4) is 0 Å². The van der Waals surface area contributed by atoms with E-state index in [0.717, 1.165) is 30.5 Å². The lowest BCUT2D eigenvalue weighted by Crippen LogP contribution is -2.30. The largest absolute Gasteiger partial charge is 0.494 e. The summed E-state index contributed by atoms with van der Waals surface area (Å²) >= 11 is 0. The van der Waals surface area contributed by atoms with Crippen LogP contribution >= 0.6 is 0 Å². The van der Waals surface area contributed by atoms with E-state index < -0.39 is 0 Å². The summed E-state index contributed by atoms with van der Waals surface area (Å²) in [7, 11) is 0. The second-order valence-electron chi connectivity index (χ2n) is 5.22. The highest BCUT2D eigenvalue weighted by atomic mass is 16.5. The molecule has 1 aromatic rings. The minimum atomic E-state index is 0.171. The van der Waals surface area contributed by atoms with Crippen molar-refractivity contribution in [1.82, 2.24) is 5.32 Å². The average Bonchev–Trinajstić information content (AvgIpc) is 2.37. The lowest BCUT2D eigenvalue weighted by molar-refractivity contribution is 0.216. The molecule has 1 unspecified atom stereocenters. The number of nitrogens with one attached hydrogen (secondary N) is 1. The lowest BCUT2D eigenvalue weighted by atomic mass is 10.1.